The Hall–Kier alpha value is -3.65. The summed E-state index contributed by atoms with van der Waals surface area (Å²) in [6.07, 6.45) is -3.71. The molecule has 0 spiro atoms. The van der Waals surface area contributed by atoms with Crippen LogP contribution in [0.15, 0.2) is 95.2 Å². The highest BCUT2D eigenvalue weighted by Gasteiger charge is 2.34. The summed E-state index contributed by atoms with van der Waals surface area (Å²) in [5.74, 6) is -0.213. The van der Waals surface area contributed by atoms with Gasteiger partial charge in [0.05, 0.1) is 5.56 Å². The maximum absolute atomic E-state index is 14.1. The average Bonchev–Trinajstić information content (AvgIpc) is 3.00. The Morgan fingerprint density at radius 2 is 1.59 bits per heavy atom. The van der Waals surface area contributed by atoms with Gasteiger partial charge in [0, 0.05) is 54.5 Å². The number of carbonyl (C=O) groups excluding carboxylic acids is 1. The van der Waals surface area contributed by atoms with E-state index in [1.54, 1.807) is 23.9 Å². The third kappa shape index (κ3) is 6.55. The molecular weight excluding hydrogens is 577 g/mol. The van der Waals surface area contributed by atoms with E-state index in [0.29, 0.717) is 11.1 Å². The number of hydrogen-bond donors (Lipinski definition) is 0. The average molecular weight is 613 g/mol. The number of Topliss-reactive ketones (excluding diaryl/α,β-unsaturated/α-hetero) is 1. The molecule has 0 amide bonds. The molecule has 6 rings (SSSR count). The van der Waals surface area contributed by atoms with Crippen molar-refractivity contribution in [2.45, 2.75) is 42.3 Å². The van der Waals surface area contributed by atoms with Crippen LogP contribution in [0.2, 0.25) is 0 Å². The normalized spacial score (nSPS) is 15.5. The second kappa shape index (κ2) is 12.4. The lowest BCUT2D eigenvalue weighted by molar-refractivity contribution is -0.138. The molecule has 0 aromatic heterocycles. The minimum absolute atomic E-state index is 0.0957. The number of ketones is 1. The fraction of sp³-hybridized carbons (Fsp3) is 0.270. The molecule has 0 atom stereocenters. The van der Waals surface area contributed by atoms with Crippen molar-refractivity contribution >= 4 is 23.1 Å². The van der Waals surface area contributed by atoms with Crippen molar-refractivity contribution in [1.82, 2.24) is 9.80 Å². The van der Waals surface area contributed by atoms with Crippen LogP contribution < -0.4 is 0 Å². The van der Waals surface area contributed by atoms with Gasteiger partial charge in [-0.05, 0) is 95.2 Å². The molecule has 226 valence electrons. The molecule has 3 nitrogen and oxygen atoms in total. The van der Waals surface area contributed by atoms with Crippen LogP contribution in [0, 0.1) is 6.92 Å². The molecular formula is C37H35F3N2OS. The van der Waals surface area contributed by atoms with E-state index in [1.807, 2.05) is 26.1 Å². The number of rotatable bonds is 7. The van der Waals surface area contributed by atoms with Gasteiger partial charge >= 0.3 is 6.18 Å². The molecule has 0 unspecified atom stereocenters. The standard InChI is InChI=1S/C37H35F3N2OS/c1-24-18-28(10-12-32(24)25(2)27-11-13-36-31(21-27)22-29-6-4-5-7-35(29)44-36)34(43)20-26-8-9-30(33(19-26)37(38,39)40)23-42-16-14-41(3)15-17-42/h4-13,18-19,21H,2,14-17,20,22-23H2,1,3H3. The number of carbonyl (C=O) groups is 1. The van der Waals surface area contributed by atoms with Gasteiger partial charge < -0.3 is 4.90 Å². The van der Waals surface area contributed by atoms with E-state index in [4.69, 9.17) is 0 Å². The maximum atomic E-state index is 14.1. The van der Waals surface area contributed by atoms with Gasteiger partial charge in [0.2, 0.25) is 0 Å². The van der Waals surface area contributed by atoms with Crippen LogP contribution in [0.1, 0.15) is 54.9 Å². The fourth-order valence-electron chi connectivity index (χ4n) is 6.08. The van der Waals surface area contributed by atoms with Crippen molar-refractivity contribution in [3.05, 3.63) is 136 Å². The quantitative estimate of drug-likeness (QED) is 0.173. The molecule has 0 N–H and O–H groups in total. The first kappa shape index (κ1) is 30.4. The van der Waals surface area contributed by atoms with Gasteiger partial charge in [0.1, 0.15) is 0 Å². The highest BCUT2D eigenvalue weighted by Crippen LogP contribution is 2.41. The van der Waals surface area contributed by atoms with Crippen LogP contribution in [0.4, 0.5) is 13.2 Å². The molecule has 2 aliphatic rings. The van der Waals surface area contributed by atoms with Crippen molar-refractivity contribution in [1.29, 1.82) is 0 Å². The molecule has 0 radical (unpaired) electrons. The summed E-state index contributed by atoms with van der Waals surface area (Å²) in [5.41, 5.74) is 6.77. The molecule has 2 heterocycles. The lowest BCUT2D eigenvalue weighted by Gasteiger charge is -2.33. The number of nitrogens with zero attached hydrogens (tertiary/aromatic N) is 2. The Labute approximate surface area is 261 Å². The lowest BCUT2D eigenvalue weighted by atomic mass is 9.91. The third-order valence-electron chi connectivity index (χ3n) is 8.69. The molecule has 2 aliphatic heterocycles. The fourth-order valence-corrected chi connectivity index (χ4v) is 7.13. The van der Waals surface area contributed by atoms with Crippen LogP contribution in [0.3, 0.4) is 0 Å². The molecule has 4 aromatic carbocycles. The monoisotopic (exact) mass is 612 g/mol. The molecule has 1 saturated heterocycles. The van der Waals surface area contributed by atoms with E-state index in [9.17, 15) is 18.0 Å². The van der Waals surface area contributed by atoms with Crippen molar-refractivity contribution in [2.24, 2.45) is 0 Å². The first-order chi connectivity index (χ1) is 21.0. The number of piperazine rings is 1. The smallest absolute Gasteiger partial charge is 0.304 e. The number of hydrogen-bond acceptors (Lipinski definition) is 4. The molecule has 44 heavy (non-hydrogen) atoms. The highest BCUT2D eigenvalue weighted by atomic mass is 32.2. The Bertz CT molecular complexity index is 1740. The number of fused-ring (bicyclic) bond motifs is 2. The van der Waals surface area contributed by atoms with Crippen molar-refractivity contribution < 1.29 is 18.0 Å². The number of benzene rings is 4. The number of alkyl halides is 3. The predicted molar refractivity (Wildman–Crippen MR) is 171 cm³/mol. The summed E-state index contributed by atoms with van der Waals surface area (Å²) in [7, 11) is 2.02. The van der Waals surface area contributed by atoms with Crippen LogP contribution >= 0.6 is 11.8 Å². The van der Waals surface area contributed by atoms with Crippen LogP contribution in [0.5, 0.6) is 0 Å². The molecule has 0 saturated carbocycles. The van der Waals surface area contributed by atoms with E-state index in [1.165, 1.54) is 27.0 Å². The highest BCUT2D eigenvalue weighted by molar-refractivity contribution is 7.99. The Kier molecular flexibility index (Phi) is 8.55. The molecule has 0 bridgehead atoms. The lowest BCUT2D eigenvalue weighted by Crippen LogP contribution is -2.44. The minimum Gasteiger partial charge on any atom is -0.304 e. The predicted octanol–water partition coefficient (Wildman–Crippen LogP) is 8.30. The summed E-state index contributed by atoms with van der Waals surface area (Å²) in [4.78, 5) is 20.0. The summed E-state index contributed by atoms with van der Waals surface area (Å²) in [6.45, 7) is 9.70. The Morgan fingerprint density at radius 1 is 0.864 bits per heavy atom. The zero-order valence-corrected chi connectivity index (χ0v) is 25.8. The molecule has 7 heteroatoms. The first-order valence-electron chi connectivity index (χ1n) is 14.9. The van der Waals surface area contributed by atoms with E-state index in [0.717, 1.165) is 60.9 Å². The van der Waals surface area contributed by atoms with Crippen LogP contribution in [-0.4, -0.2) is 48.8 Å². The minimum atomic E-state index is -4.49. The molecule has 1 fully saturated rings. The van der Waals surface area contributed by atoms with Gasteiger partial charge in [-0.3, -0.25) is 9.69 Å². The number of halogens is 3. The summed E-state index contributed by atoms with van der Waals surface area (Å²) in [6, 6.07) is 24.7. The Balaban J connectivity index is 1.16. The summed E-state index contributed by atoms with van der Waals surface area (Å²) in [5, 5.41) is 0. The number of aryl methyl sites for hydroxylation is 1. The second-order valence-corrected chi connectivity index (χ2v) is 13.0. The van der Waals surface area contributed by atoms with Gasteiger partial charge in [-0.15, -0.1) is 0 Å². The van der Waals surface area contributed by atoms with Crippen molar-refractivity contribution in [3.8, 4) is 0 Å². The third-order valence-corrected chi connectivity index (χ3v) is 9.93. The van der Waals surface area contributed by atoms with Gasteiger partial charge in [0.25, 0.3) is 0 Å². The van der Waals surface area contributed by atoms with E-state index in [-0.39, 0.29) is 24.3 Å². The summed E-state index contributed by atoms with van der Waals surface area (Å²) >= 11 is 1.78. The largest absolute Gasteiger partial charge is 0.416 e. The van der Waals surface area contributed by atoms with Crippen LogP contribution in [-0.2, 0) is 25.6 Å². The van der Waals surface area contributed by atoms with Gasteiger partial charge in [-0.2, -0.15) is 13.2 Å². The topological polar surface area (TPSA) is 23.6 Å². The van der Waals surface area contributed by atoms with Crippen molar-refractivity contribution in [2.75, 3.05) is 33.2 Å². The SMILES string of the molecule is C=C(c1ccc2c(c1)Cc1ccccc1S2)c1ccc(C(=O)Cc2ccc(CN3CCN(C)CC3)c(C(F)(F)F)c2)cc1C. The first-order valence-corrected chi connectivity index (χ1v) is 15.7. The van der Waals surface area contributed by atoms with E-state index >= 15 is 0 Å². The van der Waals surface area contributed by atoms with Gasteiger partial charge in [-0.1, -0.05) is 66.9 Å². The van der Waals surface area contributed by atoms with Crippen LogP contribution in [0.25, 0.3) is 5.57 Å². The molecule has 4 aromatic rings. The van der Waals surface area contributed by atoms with E-state index in [2.05, 4.69) is 58.8 Å². The van der Waals surface area contributed by atoms with Crippen molar-refractivity contribution in [3.63, 3.8) is 0 Å². The zero-order valence-electron chi connectivity index (χ0n) is 25.0. The van der Waals surface area contributed by atoms with Gasteiger partial charge in [-0.25, -0.2) is 0 Å². The number of likely N-dealkylation sites (N-methyl/N-ethyl adjacent to an activating group) is 1. The zero-order chi connectivity index (χ0) is 31.0. The van der Waals surface area contributed by atoms with E-state index < -0.39 is 11.7 Å². The van der Waals surface area contributed by atoms with Gasteiger partial charge in [0.15, 0.2) is 5.78 Å². The molecule has 0 aliphatic carbocycles. The maximum Gasteiger partial charge on any atom is 0.416 e. The Morgan fingerprint density at radius 3 is 2.34 bits per heavy atom. The second-order valence-electron chi connectivity index (χ2n) is 11.9. The summed E-state index contributed by atoms with van der Waals surface area (Å²) < 4.78 is 42.2.